The Hall–Kier alpha value is -2.73. The molecule has 0 bridgehead atoms. The Labute approximate surface area is 111 Å². The molecule has 1 amide bonds. The molecule has 0 atom stereocenters. The highest BCUT2D eigenvalue weighted by Gasteiger charge is 2.07. The van der Waals surface area contributed by atoms with E-state index in [0.717, 1.165) is 11.1 Å². The zero-order valence-electron chi connectivity index (χ0n) is 10.5. The number of nitrogens with one attached hydrogen (secondary N) is 1. The lowest BCUT2D eigenvalue weighted by Crippen LogP contribution is -2.11. The molecule has 0 spiro atoms. The van der Waals surface area contributed by atoms with E-state index in [2.05, 4.69) is 11.2 Å². The van der Waals surface area contributed by atoms with Gasteiger partial charge in [0.1, 0.15) is 5.75 Å². The van der Waals surface area contributed by atoms with Crippen LogP contribution in [0.5, 0.6) is 5.75 Å². The molecule has 2 rings (SSSR count). The van der Waals surface area contributed by atoms with E-state index < -0.39 is 0 Å². The molecule has 0 radical (unpaired) electrons. The normalized spacial score (nSPS) is 9.68. The maximum atomic E-state index is 12.0. The number of hydrogen-bond donors (Lipinski definition) is 2. The number of phenolic OH excluding ortho intramolecular Hbond substituents is 1. The summed E-state index contributed by atoms with van der Waals surface area (Å²) in [5.74, 6) is 2.33. The molecule has 3 heteroatoms. The van der Waals surface area contributed by atoms with Crippen molar-refractivity contribution in [1.82, 2.24) is 0 Å². The van der Waals surface area contributed by atoms with E-state index in [4.69, 9.17) is 6.42 Å². The van der Waals surface area contributed by atoms with Crippen molar-refractivity contribution < 1.29 is 9.90 Å². The molecular formula is C16H13NO2. The van der Waals surface area contributed by atoms with Crippen molar-refractivity contribution in [3.63, 3.8) is 0 Å². The van der Waals surface area contributed by atoms with Crippen molar-refractivity contribution in [3.8, 4) is 18.1 Å². The second kappa shape index (κ2) is 5.28. The quantitative estimate of drug-likeness (QED) is 0.806. The summed E-state index contributed by atoms with van der Waals surface area (Å²) in [6.45, 7) is 1.91. The topological polar surface area (TPSA) is 49.3 Å². The smallest absolute Gasteiger partial charge is 0.255 e. The number of rotatable bonds is 2. The molecule has 0 aliphatic heterocycles. The van der Waals surface area contributed by atoms with E-state index in [1.807, 2.05) is 13.0 Å². The Balaban J connectivity index is 2.22. The summed E-state index contributed by atoms with van der Waals surface area (Å²) in [5, 5.41) is 12.1. The monoisotopic (exact) mass is 251 g/mol. The predicted octanol–water partition coefficient (Wildman–Crippen LogP) is 2.93. The molecule has 0 aliphatic carbocycles. The Morgan fingerprint density at radius 1 is 1.26 bits per heavy atom. The second-order valence-electron chi connectivity index (χ2n) is 4.18. The van der Waals surface area contributed by atoms with Gasteiger partial charge in [0.15, 0.2) is 0 Å². The van der Waals surface area contributed by atoms with Crippen LogP contribution in [0.4, 0.5) is 5.69 Å². The highest BCUT2D eigenvalue weighted by molar-refractivity contribution is 6.04. The largest absolute Gasteiger partial charge is 0.508 e. The Bertz CT molecular complexity index is 669. The average Bonchev–Trinajstić information content (AvgIpc) is 2.41. The molecule has 2 aromatic rings. The maximum absolute atomic E-state index is 12.0. The lowest BCUT2D eigenvalue weighted by molar-refractivity contribution is 0.102. The first-order valence-electron chi connectivity index (χ1n) is 5.78. The molecular weight excluding hydrogens is 238 g/mol. The lowest BCUT2D eigenvalue weighted by Gasteiger charge is -2.07. The van der Waals surface area contributed by atoms with Gasteiger partial charge < -0.3 is 10.4 Å². The zero-order valence-corrected chi connectivity index (χ0v) is 10.5. The number of carbonyl (C=O) groups is 1. The highest BCUT2D eigenvalue weighted by Crippen LogP contribution is 2.17. The third-order valence-electron chi connectivity index (χ3n) is 2.76. The van der Waals surface area contributed by atoms with Crippen molar-refractivity contribution in [2.75, 3.05) is 5.32 Å². The van der Waals surface area contributed by atoms with Gasteiger partial charge in [0, 0.05) is 16.8 Å². The number of hydrogen-bond acceptors (Lipinski definition) is 2. The average molecular weight is 251 g/mol. The van der Waals surface area contributed by atoms with Gasteiger partial charge in [0.2, 0.25) is 0 Å². The summed E-state index contributed by atoms with van der Waals surface area (Å²) in [6, 6.07) is 11.6. The molecule has 0 unspecified atom stereocenters. The number of phenols is 1. The Morgan fingerprint density at radius 3 is 2.74 bits per heavy atom. The van der Waals surface area contributed by atoms with Crippen LogP contribution in [0.25, 0.3) is 0 Å². The molecule has 2 aromatic carbocycles. The summed E-state index contributed by atoms with van der Waals surface area (Å²) in [7, 11) is 0. The molecule has 3 nitrogen and oxygen atoms in total. The highest BCUT2D eigenvalue weighted by atomic mass is 16.3. The summed E-state index contributed by atoms with van der Waals surface area (Å²) >= 11 is 0. The van der Waals surface area contributed by atoms with E-state index in [0.29, 0.717) is 11.3 Å². The van der Waals surface area contributed by atoms with E-state index in [9.17, 15) is 9.90 Å². The number of anilines is 1. The van der Waals surface area contributed by atoms with Gasteiger partial charge in [-0.2, -0.15) is 0 Å². The molecule has 94 valence electrons. The van der Waals surface area contributed by atoms with Crippen LogP contribution < -0.4 is 5.32 Å². The molecule has 19 heavy (non-hydrogen) atoms. The number of benzene rings is 2. The standard InChI is InChI=1S/C16H13NO2/c1-3-12-9-14(8-7-11(12)2)17-16(19)13-5-4-6-15(18)10-13/h1,4-10,18H,2H3,(H,17,19). The van der Waals surface area contributed by atoms with Gasteiger partial charge in [-0.1, -0.05) is 18.1 Å². The van der Waals surface area contributed by atoms with Gasteiger partial charge in [-0.25, -0.2) is 0 Å². The minimum Gasteiger partial charge on any atom is -0.508 e. The Morgan fingerprint density at radius 2 is 2.05 bits per heavy atom. The van der Waals surface area contributed by atoms with Crippen LogP contribution in [0.15, 0.2) is 42.5 Å². The second-order valence-corrected chi connectivity index (χ2v) is 4.18. The van der Waals surface area contributed by atoms with Crippen molar-refractivity contribution in [2.24, 2.45) is 0 Å². The van der Waals surface area contributed by atoms with Gasteiger partial charge in [0.05, 0.1) is 0 Å². The fraction of sp³-hybridized carbons (Fsp3) is 0.0625. The SMILES string of the molecule is C#Cc1cc(NC(=O)c2cccc(O)c2)ccc1C. The number of amides is 1. The van der Waals surface area contributed by atoms with Crippen LogP contribution in [0.2, 0.25) is 0 Å². The minimum atomic E-state index is -0.289. The third-order valence-corrected chi connectivity index (χ3v) is 2.76. The summed E-state index contributed by atoms with van der Waals surface area (Å²) < 4.78 is 0. The van der Waals surface area contributed by atoms with E-state index in [1.54, 1.807) is 24.3 Å². The van der Waals surface area contributed by atoms with Crippen LogP contribution >= 0.6 is 0 Å². The van der Waals surface area contributed by atoms with E-state index in [1.165, 1.54) is 12.1 Å². The van der Waals surface area contributed by atoms with Crippen LogP contribution in [-0.4, -0.2) is 11.0 Å². The van der Waals surface area contributed by atoms with Crippen molar-refractivity contribution in [1.29, 1.82) is 0 Å². The Kier molecular flexibility index (Phi) is 3.53. The molecule has 0 fully saturated rings. The fourth-order valence-corrected chi connectivity index (χ4v) is 1.71. The maximum Gasteiger partial charge on any atom is 0.255 e. The summed E-state index contributed by atoms with van der Waals surface area (Å²) in [5.41, 5.74) is 2.75. The molecule has 0 aliphatic rings. The van der Waals surface area contributed by atoms with Crippen molar-refractivity contribution >= 4 is 11.6 Å². The molecule has 0 aromatic heterocycles. The minimum absolute atomic E-state index is 0.0564. The van der Waals surface area contributed by atoms with E-state index >= 15 is 0 Å². The van der Waals surface area contributed by atoms with Gasteiger partial charge in [-0.3, -0.25) is 4.79 Å². The first-order valence-corrected chi connectivity index (χ1v) is 5.78. The van der Waals surface area contributed by atoms with Crippen LogP contribution in [0.3, 0.4) is 0 Å². The molecule has 2 N–H and O–H groups in total. The van der Waals surface area contributed by atoms with Crippen LogP contribution in [0.1, 0.15) is 21.5 Å². The van der Waals surface area contributed by atoms with Crippen molar-refractivity contribution in [2.45, 2.75) is 6.92 Å². The van der Waals surface area contributed by atoms with Gasteiger partial charge in [-0.05, 0) is 42.8 Å². The third kappa shape index (κ3) is 2.93. The fourth-order valence-electron chi connectivity index (χ4n) is 1.71. The number of carbonyl (C=O) groups excluding carboxylic acids is 1. The van der Waals surface area contributed by atoms with Gasteiger partial charge >= 0.3 is 0 Å². The number of aryl methyl sites for hydroxylation is 1. The summed E-state index contributed by atoms with van der Waals surface area (Å²) in [6.07, 6.45) is 5.39. The van der Waals surface area contributed by atoms with Gasteiger partial charge in [-0.15, -0.1) is 6.42 Å². The first kappa shape index (κ1) is 12.7. The molecule has 0 saturated carbocycles. The zero-order chi connectivity index (χ0) is 13.8. The van der Waals surface area contributed by atoms with Crippen molar-refractivity contribution in [3.05, 3.63) is 59.2 Å². The lowest BCUT2D eigenvalue weighted by atomic mass is 10.1. The van der Waals surface area contributed by atoms with E-state index in [-0.39, 0.29) is 11.7 Å². The molecule has 0 saturated heterocycles. The predicted molar refractivity (Wildman–Crippen MR) is 75.2 cm³/mol. The van der Waals surface area contributed by atoms with Crippen LogP contribution in [-0.2, 0) is 0 Å². The number of aromatic hydroxyl groups is 1. The summed E-state index contributed by atoms with van der Waals surface area (Å²) in [4.78, 5) is 12.0. The first-order chi connectivity index (χ1) is 9.10. The number of terminal acetylenes is 1. The molecule has 0 heterocycles. The van der Waals surface area contributed by atoms with Gasteiger partial charge in [0.25, 0.3) is 5.91 Å². The van der Waals surface area contributed by atoms with Crippen LogP contribution in [0, 0.1) is 19.3 Å².